The van der Waals surface area contributed by atoms with Gasteiger partial charge in [-0.2, -0.15) is 4.39 Å². The third kappa shape index (κ3) is 5.02. The van der Waals surface area contributed by atoms with Crippen LogP contribution in [0, 0.1) is 15.9 Å². The summed E-state index contributed by atoms with van der Waals surface area (Å²) in [5, 5.41) is 13.3. The molecule has 26 heavy (non-hydrogen) atoms. The Morgan fingerprint density at radius 2 is 1.85 bits per heavy atom. The summed E-state index contributed by atoms with van der Waals surface area (Å²) in [5.74, 6) is -0.821. The number of amides is 1. The fraction of sp³-hybridized carbons (Fsp3) is 0.316. The summed E-state index contributed by atoms with van der Waals surface area (Å²) >= 11 is 0. The van der Waals surface area contributed by atoms with Crippen LogP contribution in [0.5, 0.6) is 5.75 Å². The summed E-state index contributed by atoms with van der Waals surface area (Å²) < 4.78 is 18.8. The van der Waals surface area contributed by atoms with Gasteiger partial charge in [0.25, 0.3) is 5.91 Å². The van der Waals surface area contributed by atoms with E-state index < -0.39 is 22.3 Å². The number of ether oxygens (including phenoxy) is 1. The third-order valence-electron chi connectivity index (χ3n) is 3.78. The van der Waals surface area contributed by atoms with Crippen molar-refractivity contribution in [1.82, 2.24) is 5.32 Å². The second kappa shape index (κ2) is 7.95. The summed E-state index contributed by atoms with van der Waals surface area (Å²) in [6.07, 6.45) is 0. The topological polar surface area (TPSA) is 81.5 Å². The lowest BCUT2D eigenvalue weighted by Crippen LogP contribution is -2.28. The fourth-order valence-electron chi connectivity index (χ4n) is 2.28. The predicted molar refractivity (Wildman–Crippen MR) is 96.0 cm³/mol. The first-order valence-corrected chi connectivity index (χ1v) is 8.14. The third-order valence-corrected chi connectivity index (χ3v) is 3.78. The normalized spacial score (nSPS) is 11.1. The van der Waals surface area contributed by atoms with Crippen LogP contribution < -0.4 is 10.1 Å². The molecular formula is C19H21FN2O4. The molecule has 0 unspecified atom stereocenters. The van der Waals surface area contributed by atoms with Gasteiger partial charge >= 0.3 is 5.69 Å². The summed E-state index contributed by atoms with van der Waals surface area (Å²) in [6.45, 7) is 6.82. The van der Waals surface area contributed by atoms with Gasteiger partial charge in [0.15, 0.2) is 0 Å². The van der Waals surface area contributed by atoms with E-state index in [1.807, 2.05) is 24.3 Å². The van der Waals surface area contributed by atoms with Gasteiger partial charge in [-0.15, -0.1) is 0 Å². The zero-order valence-electron chi connectivity index (χ0n) is 14.9. The van der Waals surface area contributed by atoms with Crippen molar-refractivity contribution >= 4 is 11.6 Å². The van der Waals surface area contributed by atoms with Crippen LogP contribution in [0.25, 0.3) is 0 Å². The minimum absolute atomic E-state index is 0.0210. The zero-order chi connectivity index (χ0) is 19.3. The maximum Gasteiger partial charge on any atom is 0.305 e. The smallest absolute Gasteiger partial charge is 0.305 e. The highest BCUT2D eigenvalue weighted by atomic mass is 19.1. The Labute approximate surface area is 151 Å². The van der Waals surface area contributed by atoms with Gasteiger partial charge in [0, 0.05) is 11.6 Å². The molecule has 0 aliphatic heterocycles. The van der Waals surface area contributed by atoms with E-state index in [0.717, 1.165) is 12.1 Å². The molecule has 0 radical (unpaired) electrons. The Morgan fingerprint density at radius 3 is 2.42 bits per heavy atom. The number of nitrogens with one attached hydrogen (secondary N) is 1. The van der Waals surface area contributed by atoms with Crippen LogP contribution in [0.15, 0.2) is 42.5 Å². The number of benzene rings is 2. The van der Waals surface area contributed by atoms with Gasteiger partial charge in [0.2, 0.25) is 5.82 Å². The number of nitro benzene ring substituents is 1. The van der Waals surface area contributed by atoms with Gasteiger partial charge in [-0.1, -0.05) is 32.9 Å². The highest BCUT2D eigenvalue weighted by Crippen LogP contribution is 2.24. The summed E-state index contributed by atoms with van der Waals surface area (Å²) in [4.78, 5) is 21.8. The summed E-state index contributed by atoms with van der Waals surface area (Å²) in [6, 6.07) is 10.7. The molecule has 6 nitrogen and oxygen atoms in total. The molecule has 7 heteroatoms. The molecule has 0 aliphatic carbocycles. The lowest BCUT2D eigenvalue weighted by molar-refractivity contribution is -0.387. The number of hydrogen-bond acceptors (Lipinski definition) is 4. The minimum Gasteiger partial charge on any atom is -0.492 e. The Hall–Kier alpha value is -2.96. The number of halogens is 1. The molecule has 0 spiro atoms. The number of nitrogens with zero attached hydrogens (tertiary/aromatic N) is 1. The standard InChI is InChI=1S/C19H21FN2O4/c1-19(2,3)14-5-7-15(8-6-14)26-11-10-21-18(23)13-4-9-16(20)17(12-13)22(24)25/h4-9,12H,10-11H2,1-3H3,(H,21,23). The Morgan fingerprint density at radius 1 is 1.19 bits per heavy atom. The molecule has 0 bridgehead atoms. The van der Waals surface area contributed by atoms with Crippen LogP contribution >= 0.6 is 0 Å². The van der Waals surface area contributed by atoms with Gasteiger partial charge in [-0.25, -0.2) is 0 Å². The van der Waals surface area contributed by atoms with Crippen LogP contribution in [-0.4, -0.2) is 24.0 Å². The second-order valence-electron chi connectivity index (χ2n) is 6.80. The number of carbonyl (C=O) groups excluding carboxylic acids is 1. The highest BCUT2D eigenvalue weighted by Gasteiger charge is 2.17. The molecule has 0 atom stereocenters. The average Bonchev–Trinajstić information content (AvgIpc) is 2.58. The van der Waals surface area contributed by atoms with E-state index in [0.29, 0.717) is 5.75 Å². The van der Waals surface area contributed by atoms with E-state index in [9.17, 15) is 19.3 Å². The Balaban J connectivity index is 1.85. The minimum atomic E-state index is -0.978. The number of carbonyl (C=O) groups is 1. The molecule has 0 fully saturated rings. The average molecular weight is 360 g/mol. The van der Waals surface area contributed by atoms with E-state index in [-0.39, 0.29) is 24.1 Å². The monoisotopic (exact) mass is 360 g/mol. The maximum atomic E-state index is 13.3. The van der Waals surface area contributed by atoms with E-state index in [1.54, 1.807) is 0 Å². The number of nitro groups is 1. The second-order valence-corrected chi connectivity index (χ2v) is 6.80. The maximum absolute atomic E-state index is 13.3. The highest BCUT2D eigenvalue weighted by molar-refractivity contribution is 5.94. The molecule has 0 saturated heterocycles. The van der Waals surface area contributed by atoms with Crippen LogP contribution in [0.1, 0.15) is 36.7 Å². The van der Waals surface area contributed by atoms with Crippen molar-refractivity contribution in [2.45, 2.75) is 26.2 Å². The Kier molecular flexibility index (Phi) is 5.92. The molecule has 138 valence electrons. The van der Waals surface area contributed by atoms with E-state index >= 15 is 0 Å². The zero-order valence-corrected chi connectivity index (χ0v) is 14.9. The van der Waals surface area contributed by atoms with Gasteiger partial charge in [0.1, 0.15) is 12.4 Å². The van der Waals surface area contributed by atoms with Gasteiger partial charge in [0.05, 0.1) is 11.5 Å². The molecule has 2 rings (SSSR count). The van der Waals surface area contributed by atoms with Gasteiger partial charge in [-0.3, -0.25) is 14.9 Å². The van der Waals surface area contributed by atoms with Crippen molar-refractivity contribution in [2.75, 3.05) is 13.2 Å². The van der Waals surface area contributed by atoms with E-state index in [2.05, 4.69) is 26.1 Å². The molecule has 0 aromatic heterocycles. The van der Waals surface area contributed by atoms with Crippen molar-refractivity contribution in [3.63, 3.8) is 0 Å². The molecule has 2 aromatic carbocycles. The number of hydrogen-bond donors (Lipinski definition) is 1. The van der Waals surface area contributed by atoms with Crippen LogP contribution in [0.4, 0.5) is 10.1 Å². The summed E-state index contributed by atoms with van der Waals surface area (Å²) in [5.41, 5.74) is 0.543. The quantitative estimate of drug-likeness (QED) is 0.482. The van der Waals surface area contributed by atoms with E-state index in [4.69, 9.17) is 4.74 Å². The van der Waals surface area contributed by atoms with Crippen molar-refractivity contribution in [1.29, 1.82) is 0 Å². The lowest BCUT2D eigenvalue weighted by atomic mass is 9.87. The molecule has 0 heterocycles. The summed E-state index contributed by atoms with van der Waals surface area (Å²) in [7, 11) is 0. The molecule has 0 saturated carbocycles. The fourth-order valence-corrected chi connectivity index (χ4v) is 2.28. The van der Waals surface area contributed by atoms with Crippen molar-refractivity contribution < 1.29 is 18.8 Å². The van der Waals surface area contributed by atoms with Crippen LogP contribution in [-0.2, 0) is 5.41 Å². The lowest BCUT2D eigenvalue weighted by Gasteiger charge is -2.19. The Bertz CT molecular complexity index is 798. The predicted octanol–water partition coefficient (Wildman–Crippen LogP) is 3.84. The molecular weight excluding hydrogens is 339 g/mol. The molecule has 1 N–H and O–H groups in total. The van der Waals surface area contributed by atoms with E-state index in [1.165, 1.54) is 11.6 Å². The SMILES string of the molecule is CC(C)(C)c1ccc(OCCNC(=O)c2ccc(F)c([N+](=O)[O-])c2)cc1. The molecule has 1 amide bonds. The largest absolute Gasteiger partial charge is 0.492 e. The van der Waals surface area contributed by atoms with Crippen LogP contribution in [0.3, 0.4) is 0 Å². The first-order valence-electron chi connectivity index (χ1n) is 8.14. The van der Waals surface area contributed by atoms with Crippen molar-refractivity contribution in [2.24, 2.45) is 0 Å². The first kappa shape index (κ1) is 19.4. The molecule has 2 aromatic rings. The van der Waals surface area contributed by atoms with Gasteiger partial charge in [-0.05, 0) is 35.2 Å². The van der Waals surface area contributed by atoms with Gasteiger partial charge < -0.3 is 10.1 Å². The molecule has 0 aliphatic rings. The van der Waals surface area contributed by atoms with Crippen LogP contribution in [0.2, 0.25) is 0 Å². The first-order chi connectivity index (χ1) is 12.2. The van der Waals surface area contributed by atoms with Crippen molar-refractivity contribution in [3.8, 4) is 5.75 Å². The number of rotatable bonds is 6. The van der Waals surface area contributed by atoms with Crippen molar-refractivity contribution in [3.05, 3.63) is 69.5 Å².